The van der Waals surface area contributed by atoms with Crippen molar-refractivity contribution in [3.8, 4) is 0 Å². The van der Waals surface area contributed by atoms with Gasteiger partial charge in [0.05, 0.1) is 11.7 Å². The molecule has 136 valence electrons. The largest absolute Gasteiger partial charge is 0.549 e. The van der Waals surface area contributed by atoms with E-state index in [0.29, 0.717) is 23.4 Å². The first-order valence-corrected chi connectivity index (χ1v) is 8.48. The van der Waals surface area contributed by atoms with E-state index in [4.69, 9.17) is 0 Å². The Bertz CT molecular complexity index is 898. The maximum Gasteiger partial charge on any atom is 0.259 e. The van der Waals surface area contributed by atoms with Crippen molar-refractivity contribution in [2.75, 3.05) is 0 Å². The second-order valence-corrected chi connectivity index (χ2v) is 6.95. The average molecular weight is 355 g/mol. The van der Waals surface area contributed by atoms with E-state index in [2.05, 4.69) is 5.10 Å². The van der Waals surface area contributed by atoms with Gasteiger partial charge in [-0.3, -0.25) is 4.79 Å². The molecular formula is C20H20FN2O3-. The minimum atomic E-state index is -1.79. The van der Waals surface area contributed by atoms with Gasteiger partial charge in [-0.25, -0.2) is 9.07 Å². The molecule has 0 saturated carbocycles. The Morgan fingerprint density at radius 1 is 1.23 bits per heavy atom. The molecule has 0 unspecified atom stereocenters. The number of hydrogen-bond donors (Lipinski definition) is 0. The molecule has 5 nitrogen and oxygen atoms in total. The van der Waals surface area contributed by atoms with Crippen LogP contribution in [-0.2, 0) is 4.79 Å². The van der Waals surface area contributed by atoms with Crippen LogP contribution in [0.1, 0.15) is 47.4 Å². The number of aliphatic carboxylic acids is 1. The van der Waals surface area contributed by atoms with E-state index in [1.165, 1.54) is 24.3 Å². The molecule has 0 radical (unpaired) electrons. The third kappa shape index (κ3) is 2.85. The molecule has 0 saturated heterocycles. The number of nitrogens with zero attached hydrogens (tertiary/aromatic N) is 2. The number of hydrogen-bond acceptors (Lipinski definition) is 4. The summed E-state index contributed by atoms with van der Waals surface area (Å²) in [5, 5.41) is 16.5. The molecule has 0 bridgehead atoms. The Hall–Kier alpha value is -2.76. The van der Waals surface area contributed by atoms with Crippen LogP contribution in [0.4, 0.5) is 4.39 Å². The van der Waals surface area contributed by atoms with E-state index in [1.807, 2.05) is 6.92 Å². The summed E-state index contributed by atoms with van der Waals surface area (Å²) in [7, 11) is 0. The molecule has 1 aromatic heterocycles. The summed E-state index contributed by atoms with van der Waals surface area (Å²) in [6.07, 6.45) is 2.35. The van der Waals surface area contributed by atoms with Crippen LogP contribution >= 0.6 is 0 Å². The fourth-order valence-electron chi connectivity index (χ4n) is 3.69. The van der Waals surface area contributed by atoms with Gasteiger partial charge in [-0.05, 0) is 57.4 Å². The molecule has 0 spiro atoms. The summed E-state index contributed by atoms with van der Waals surface area (Å²) in [6, 6.07) is 7.28. The molecule has 2 aromatic rings. The zero-order chi connectivity index (χ0) is 19.1. The third-order valence-corrected chi connectivity index (χ3v) is 5.07. The molecule has 1 aliphatic carbocycles. The zero-order valence-electron chi connectivity index (χ0n) is 15.0. The molecule has 0 fully saturated rings. The van der Waals surface area contributed by atoms with E-state index in [0.717, 1.165) is 10.3 Å². The molecule has 1 heterocycles. The van der Waals surface area contributed by atoms with Crippen molar-refractivity contribution in [2.45, 2.75) is 39.5 Å². The number of rotatable bonds is 3. The van der Waals surface area contributed by atoms with Gasteiger partial charge in [0.1, 0.15) is 11.2 Å². The predicted octanol–water partition coefficient (Wildman–Crippen LogP) is 2.54. The lowest BCUT2D eigenvalue weighted by molar-refractivity contribution is -0.317. The molecular weight excluding hydrogens is 335 g/mol. The second kappa shape index (κ2) is 6.52. The summed E-state index contributed by atoms with van der Waals surface area (Å²) in [5.74, 6) is -3.23. The Morgan fingerprint density at radius 3 is 2.42 bits per heavy atom. The van der Waals surface area contributed by atoms with Crippen molar-refractivity contribution in [1.29, 1.82) is 0 Å². The van der Waals surface area contributed by atoms with Crippen molar-refractivity contribution in [2.24, 2.45) is 5.41 Å². The summed E-state index contributed by atoms with van der Waals surface area (Å²) in [6.45, 7) is 5.34. The molecule has 0 N–H and O–H groups in total. The quantitative estimate of drug-likeness (QED) is 0.626. The van der Waals surface area contributed by atoms with Crippen LogP contribution in [0.5, 0.6) is 0 Å². The van der Waals surface area contributed by atoms with Gasteiger partial charge in [0, 0.05) is 11.6 Å². The lowest BCUT2D eigenvalue weighted by atomic mass is 9.64. The minimum Gasteiger partial charge on any atom is -0.549 e. The number of allylic oxidation sites excluding steroid dienone is 2. The van der Waals surface area contributed by atoms with Crippen molar-refractivity contribution in [1.82, 2.24) is 9.78 Å². The van der Waals surface area contributed by atoms with Crippen LogP contribution in [0.2, 0.25) is 0 Å². The summed E-state index contributed by atoms with van der Waals surface area (Å²) in [5.41, 5.74) is 0.949. The Kier molecular flexibility index (Phi) is 4.52. The molecule has 26 heavy (non-hydrogen) atoms. The lowest BCUT2D eigenvalue weighted by Crippen LogP contribution is -2.54. The van der Waals surface area contributed by atoms with Gasteiger partial charge in [0.2, 0.25) is 0 Å². The zero-order valence-corrected chi connectivity index (χ0v) is 15.0. The highest BCUT2D eigenvalue weighted by molar-refractivity contribution is 6.04. The van der Waals surface area contributed by atoms with Gasteiger partial charge in [-0.1, -0.05) is 23.8 Å². The van der Waals surface area contributed by atoms with Gasteiger partial charge in [-0.2, -0.15) is 5.10 Å². The van der Waals surface area contributed by atoms with Gasteiger partial charge in [-0.15, -0.1) is 0 Å². The van der Waals surface area contributed by atoms with E-state index >= 15 is 0 Å². The standard InChI is InChI=1S/C20H21FN2O3/c1-12-8-9-20(19(25)26,18(24)23-14(3)11-13(2)22-23)17(10-12)15-4-6-16(21)7-5-15/h4-7,10-11,17H,8-9H2,1-3H3,(H,25,26)/p-1/t17-,20+/m0/s1. The summed E-state index contributed by atoms with van der Waals surface area (Å²) >= 11 is 0. The van der Waals surface area contributed by atoms with Gasteiger partial charge < -0.3 is 9.90 Å². The monoisotopic (exact) mass is 355 g/mol. The molecule has 3 rings (SSSR count). The lowest BCUT2D eigenvalue weighted by Gasteiger charge is -2.42. The smallest absolute Gasteiger partial charge is 0.259 e. The van der Waals surface area contributed by atoms with Crippen LogP contribution in [0.25, 0.3) is 0 Å². The van der Waals surface area contributed by atoms with Gasteiger partial charge in [0.15, 0.2) is 0 Å². The van der Waals surface area contributed by atoms with E-state index in [9.17, 15) is 19.1 Å². The van der Waals surface area contributed by atoms with Gasteiger partial charge in [0.25, 0.3) is 5.91 Å². The van der Waals surface area contributed by atoms with Crippen LogP contribution in [0.3, 0.4) is 0 Å². The van der Waals surface area contributed by atoms with Crippen molar-refractivity contribution in [3.63, 3.8) is 0 Å². The SMILES string of the molecule is CC1=C[C@@H](c2ccc(F)cc2)[C@@](C(=O)[O-])(C(=O)n2nc(C)cc2C)CC1. The maximum atomic E-state index is 13.3. The molecule has 6 heteroatoms. The van der Waals surface area contributed by atoms with Crippen molar-refractivity contribution in [3.05, 3.63) is 64.7 Å². The second-order valence-electron chi connectivity index (χ2n) is 6.95. The van der Waals surface area contributed by atoms with Crippen molar-refractivity contribution >= 4 is 11.9 Å². The first-order valence-electron chi connectivity index (χ1n) is 8.48. The Morgan fingerprint density at radius 2 is 1.88 bits per heavy atom. The van der Waals surface area contributed by atoms with Crippen LogP contribution in [-0.4, -0.2) is 21.7 Å². The van der Waals surface area contributed by atoms with Crippen LogP contribution < -0.4 is 5.11 Å². The predicted molar refractivity (Wildman–Crippen MR) is 91.9 cm³/mol. The fraction of sp³-hybridized carbons (Fsp3) is 0.350. The Balaban J connectivity index is 2.19. The maximum absolute atomic E-state index is 13.3. The number of carbonyl (C=O) groups excluding carboxylic acids is 2. The topological polar surface area (TPSA) is 75.0 Å². The highest BCUT2D eigenvalue weighted by Crippen LogP contribution is 2.47. The van der Waals surface area contributed by atoms with Crippen LogP contribution in [0, 0.1) is 25.1 Å². The summed E-state index contributed by atoms with van der Waals surface area (Å²) in [4.78, 5) is 25.6. The fourth-order valence-corrected chi connectivity index (χ4v) is 3.69. The molecule has 2 atom stereocenters. The minimum absolute atomic E-state index is 0.108. The third-order valence-electron chi connectivity index (χ3n) is 5.07. The molecule has 0 amide bonds. The molecule has 1 aliphatic rings. The highest BCUT2D eigenvalue weighted by atomic mass is 19.1. The normalized spacial score (nSPS) is 22.8. The highest BCUT2D eigenvalue weighted by Gasteiger charge is 2.49. The van der Waals surface area contributed by atoms with E-state index < -0.39 is 29.0 Å². The summed E-state index contributed by atoms with van der Waals surface area (Å²) < 4.78 is 14.5. The first kappa shape index (κ1) is 18.0. The molecule has 1 aromatic carbocycles. The Labute approximate surface area is 151 Å². The first-order chi connectivity index (χ1) is 12.3. The number of carboxylic acid groups (broad SMARTS) is 1. The molecule has 0 aliphatic heterocycles. The number of aryl methyl sites for hydroxylation is 2. The number of aromatic nitrogens is 2. The van der Waals surface area contributed by atoms with Gasteiger partial charge >= 0.3 is 0 Å². The number of benzene rings is 1. The van der Waals surface area contributed by atoms with Crippen LogP contribution in [0.15, 0.2) is 42.0 Å². The van der Waals surface area contributed by atoms with Crippen molar-refractivity contribution < 1.29 is 19.1 Å². The number of halogens is 1. The average Bonchev–Trinajstić information content (AvgIpc) is 2.93. The number of carboxylic acids is 1. The van der Waals surface area contributed by atoms with E-state index in [1.54, 1.807) is 26.0 Å². The number of carbonyl (C=O) groups is 2. The van der Waals surface area contributed by atoms with E-state index in [-0.39, 0.29) is 6.42 Å².